The molecule has 0 N–H and O–H groups in total. The van der Waals surface area contributed by atoms with Crippen molar-refractivity contribution < 1.29 is 81.1 Å². The molecule has 0 aliphatic carbocycles. The third kappa shape index (κ3) is 23.9. The lowest BCUT2D eigenvalue weighted by Crippen LogP contribution is -2.29. The third-order valence-corrected chi connectivity index (χ3v) is 23.6. The summed E-state index contributed by atoms with van der Waals surface area (Å²) in [4.78, 5) is 135. The fourth-order valence-corrected chi connectivity index (χ4v) is 17.1. The van der Waals surface area contributed by atoms with Crippen molar-refractivity contribution in [2.45, 2.75) is 55.4 Å². The van der Waals surface area contributed by atoms with Crippen LogP contribution in [0.5, 0.6) is 40.2 Å². The highest BCUT2D eigenvalue weighted by Crippen LogP contribution is 2.48. The molecule has 0 saturated carbocycles. The summed E-state index contributed by atoms with van der Waals surface area (Å²) in [5, 5.41) is 0. The summed E-state index contributed by atoms with van der Waals surface area (Å²) < 4.78 is 41.0. The number of amides is 10. The second-order valence-corrected chi connectivity index (χ2v) is 33.9. The van der Waals surface area contributed by atoms with Gasteiger partial charge < -0.3 is 52.8 Å². The largest absolute Gasteiger partial charge is 0.490 e. The van der Waals surface area contributed by atoms with Gasteiger partial charge in [0.05, 0.1) is 39.8 Å². The van der Waals surface area contributed by atoms with Gasteiger partial charge >= 0.3 is 0 Å². The maximum atomic E-state index is 12.2. The molecule has 0 spiro atoms. The first-order valence-electron chi connectivity index (χ1n) is 47.0. The van der Waals surface area contributed by atoms with Crippen LogP contribution in [0.4, 0.5) is 96.7 Å². The topological polar surface area (TPSA) is 264 Å². The number of anilines is 17. The summed E-state index contributed by atoms with van der Waals surface area (Å²) in [6.07, 6.45) is 24.6. The molecule has 5 heterocycles. The molecule has 740 valence electrons. The highest BCUT2D eigenvalue weighted by molar-refractivity contribution is 6.31. The number of carbonyl (C=O) groups is 10. The van der Waals surface area contributed by atoms with Crippen LogP contribution in [0.2, 0.25) is 0 Å². The lowest BCUT2D eigenvalue weighted by atomic mass is 10.0. The van der Waals surface area contributed by atoms with Gasteiger partial charge in [-0.15, -0.1) is 0 Å². The smallest absolute Gasteiger partial charge is 0.258 e. The Morgan fingerprint density at radius 1 is 0.204 bits per heavy atom. The average molecular weight is 1960 g/mol. The maximum Gasteiger partial charge on any atom is 0.258 e. The number of carbonyl (C=O) groups excluding carboxylic acids is 10. The zero-order valence-corrected chi connectivity index (χ0v) is 82.8. The van der Waals surface area contributed by atoms with E-state index in [2.05, 4.69) is 92.3 Å². The predicted molar refractivity (Wildman–Crippen MR) is 580 cm³/mol. The molecule has 0 unspecified atom stereocenters. The van der Waals surface area contributed by atoms with E-state index in [-0.39, 0.29) is 59.1 Å². The number of ether oxygens (including phenoxy) is 7. The number of aryl methyl sites for hydroxylation is 6. The van der Waals surface area contributed by atoms with Crippen LogP contribution in [-0.4, -0.2) is 105 Å². The van der Waals surface area contributed by atoms with Crippen LogP contribution in [0.1, 0.15) is 44.5 Å². The quantitative estimate of drug-likeness (QED) is 0.0257. The van der Waals surface area contributed by atoms with Gasteiger partial charge in [0.2, 0.25) is 0 Å². The van der Waals surface area contributed by atoms with Gasteiger partial charge in [0.1, 0.15) is 86.5 Å². The Labute approximate surface area is 854 Å². The van der Waals surface area contributed by atoms with Crippen LogP contribution < -0.4 is 77.3 Å². The highest BCUT2D eigenvalue weighted by Gasteiger charge is 2.33. The Balaban J connectivity index is 0.000000155. The van der Waals surface area contributed by atoms with Crippen LogP contribution in [0.25, 0.3) is 0 Å². The van der Waals surface area contributed by atoms with Crippen molar-refractivity contribution in [1.29, 1.82) is 0 Å². The van der Waals surface area contributed by atoms with E-state index in [1.807, 2.05) is 211 Å². The molecule has 0 aromatic heterocycles. The number of hydrogen-bond acceptors (Lipinski definition) is 21. The number of benzene rings is 12. The third-order valence-electron chi connectivity index (χ3n) is 23.6. The number of nitrogens with zero attached hydrogens (tertiary/aromatic N) is 9. The normalized spacial score (nSPS) is 13.1. The minimum atomic E-state index is -0.388. The maximum absolute atomic E-state index is 12.2. The molecule has 26 heteroatoms. The summed E-state index contributed by atoms with van der Waals surface area (Å²) in [6.45, 7) is 45.2. The van der Waals surface area contributed by atoms with Gasteiger partial charge in [-0.1, -0.05) is 113 Å². The first-order chi connectivity index (χ1) is 71.1. The fraction of sp³-hybridized carbons (Fsp3) is 0.124. The van der Waals surface area contributed by atoms with Gasteiger partial charge in [0.15, 0.2) is 0 Å². The second kappa shape index (κ2) is 48.0. The summed E-state index contributed by atoms with van der Waals surface area (Å²) in [6, 6.07) is 75.5. The fourth-order valence-electron chi connectivity index (χ4n) is 17.1. The first kappa shape index (κ1) is 104. The number of rotatable bonds is 38. The molecule has 5 aliphatic rings. The minimum absolute atomic E-state index is 0.345. The van der Waals surface area contributed by atoms with Crippen LogP contribution >= 0.6 is 0 Å². The van der Waals surface area contributed by atoms with Crippen molar-refractivity contribution in [1.82, 2.24) is 0 Å². The van der Waals surface area contributed by atoms with Crippen molar-refractivity contribution in [3.63, 3.8) is 0 Å². The Morgan fingerprint density at radius 3 is 0.667 bits per heavy atom. The van der Waals surface area contributed by atoms with Crippen molar-refractivity contribution >= 4 is 156 Å². The van der Waals surface area contributed by atoms with Gasteiger partial charge in [-0.2, -0.15) is 0 Å². The molecule has 26 nitrogen and oxygen atoms in total. The minimum Gasteiger partial charge on any atom is -0.490 e. The van der Waals surface area contributed by atoms with Crippen molar-refractivity contribution in [2.24, 2.45) is 0 Å². The summed E-state index contributed by atoms with van der Waals surface area (Å²) in [5.74, 6) is 1.72. The molecule has 0 bridgehead atoms. The molecule has 17 rings (SSSR count). The lowest BCUT2D eigenvalue weighted by Gasteiger charge is -2.31. The lowest BCUT2D eigenvalue weighted by molar-refractivity contribution is -0.121. The van der Waals surface area contributed by atoms with Gasteiger partial charge in [-0.3, -0.25) is 47.9 Å². The standard InChI is InChI=1S/2C32H32N2O4.C29H21N3O5.C28H24N2O4/c1-7-19-37-31-21(3)9-15-27(23(31)5)33(28-16-10-22(4)32(24(28)6)38-20-8-2)25-11-13-26(14-12-25)34-29(35)17-18-30(34)36;1-7-15-37-31-21(3)17-27(18-22(31)4)33(28-19-23(5)32(24(6)20-28)38-16-8-2)25-9-11-26(12-10-25)34-29(35)13-14-30(34)36;1-2-19-37-25-13-11-22(12-14-25)30(20-3-7-23(8-4-20)31-26(33)15-16-27(31)34)21-5-9-24(10-6-21)32-28(35)17-18-29(32)36;1-3-17-33-25-9-5-7-23(19-25)29(24-8-6-10-26(20-24)34-18-4-2)21-11-13-22(14-12-21)30-27(31)15-16-28(30)32/h7-18H,1-2,19-20H2,3-6H3;7-14,17-20H,1-2,15-16H2,3-6H3;2-18H,1,19H2;3-16,19-20H,1-2,17-18H2. The summed E-state index contributed by atoms with van der Waals surface area (Å²) in [5.41, 5.74) is 20.9. The van der Waals surface area contributed by atoms with Gasteiger partial charge in [-0.05, 0) is 295 Å². The summed E-state index contributed by atoms with van der Waals surface area (Å²) >= 11 is 0. The molecule has 10 amide bonds. The number of hydrogen-bond donors (Lipinski definition) is 0. The molecule has 0 atom stereocenters. The number of imide groups is 5. The Bertz CT molecular complexity index is 6890. The molecule has 0 saturated heterocycles. The molecule has 0 radical (unpaired) electrons. The van der Waals surface area contributed by atoms with E-state index < -0.39 is 0 Å². The molecule has 5 aliphatic heterocycles. The van der Waals surface area contributed by atoms with E-state index in [9.17, 15) is 47.9 Å². The van der Waals surface area contributed by atoms with Crippen LogP contribution in [0.3, 0.4) is 0 Å². The first-order valence-corrected chi connectivity index (χ1v) is 47.0. The van der Waals surface area contributed by atoms with E-state index >= 15 is 0 Å². The second-order valence-electron chi connectivity index (χ2n) is 33.9. The predicted octanol–water partition coefficient (Wildman–Crippen LogP) is 24.2. The van der Waals surface area contributed by atoms with Crippen molar-refractivity contribution in [3.05, 3.63) is 437 Å². The van der Waals surface area contributed by atoms with Gasteiger partial charge in [0.25, 0.3) is 59.1 Å². The molecule has 12 aromatic rings. The van der Waals surface area contributed by atoms with Crippen LogP contribution in [0.15, 0.2) is 392 Å². The SMILES string of the molecule is C=CCOc1c(C)cc(N(c2ccc(N3C(=O)C=CC3=O)cc2)c2cc(C)c(OCC=C)c(C)c2)cc1C.C=CCOc1c(C)ccc(N(c2ccc(N3C(=O)C=CC3=O)cc2)c2ccc(C)c(OCC=C)c2C)c1C.C=CCOc1ccc(N(c2ccc(N3C(=O)C=CC3=O)cc2)c2ccc(N3C(=O)C=CC3=O)cc2)cc1.C=CCOc1cccc(N(c2ccc(N3C(=O)C=CC3=O)cc2)c2cccc(OCC=C)c2)c1. The van der Waals surface area contributed by atoms with E-state index in [1.54, 1.807) is 103 Å². The molecular formula is C121H109N9O17. The van der Waals surface area contributed by atoms with Gasteiger partial charge in [0, 0.05) is 141 Å². The average Bonchev–Trinajstić information content (AvgIpc) is 1.02. The molecule has 0 fully saturated rings. The van der Waals surface area contributed by atoms with Crippen LogP contribution in [-0.2, 0) is 47.9 Å². The van der Waals surface area contributed by atoms with E-state index in [0.717, 1.165) is 160 Å². The Hall–Kier alpha value is -19.0. The van der Waals surface area contributed by atoms with Crippen molar-refractivity contribution in [3.8, 4) is 40.2 Å². The zero-order chi connectivity index (χ0) is 105. The molecular weight excluding hydrogens is 1850 g/mol. The molecule has 12 aromatic carbocycles. The Morgan fingerprint density at radius 2 is 0.415 bits per heavy atom. The zero-order valence-electron chi connectivity index (χ0n) is 82.8. The highest BCUT2D eigenvalue weighted by atomic mass is 16.5. The van der Waals surface area contributed by atoms with Gasteiger partial charge in [-0.25, -0.2) is 24.5 Å². The van der Waals surface area contributed by atoms with E-state index in [0.29, 0.717) is 91.9 Å². The monoisotopic (exact) mass is 1960 g/mol. The molecule has 147 heavy (non-hydrogen) atoms. The van der Waals surface area contributed by atoms with E-state index in [4.69, 9.17) is 33.2 Å². The van der Waals surface area contributed by atoms with Crippen LogP contribution in [0, 0.1) is 55.4 Å². The van der Waals surface area contributed by atoms with Crippen molar-refractivity contribution in [2.75, 3.05) is 90.3 Å². The Kier molecular flexibility index (Phi) is 33.9. The van der Waals surface area contributed by atoms with E-state index in [1.165, 1.54) is 60.8 Å². The summed E-state index contributed by atoms with van der Waals surface area (Å²) in [7, 11) is 0.